The summed E-state index contributed by atoms with van der Waals surface area (Å²) in [4.78, 5) is 35.6. The summed E-state index contributed by atoms with van der Waals surface area (Å²) in [5.74, 6) is -2.18. The Bertz CT molecular complexity index is 357. The normalized spacial score (nSPS) is 21.6. The topological polar surface area (TPSA) is 90.9 Å². The van der Waals surface area contributed by atoms with Crippen molar-refractivity contribution in [2.45, 2.75) is 45.3 Å². The lowest BCUT2D eigenvalue weighted by Crippen LogP contribution is -2.54. The third-order valence-electron chi connectivity index (χ3n) is 3.02. The molecule has 1 atom stereocenters. The first-order valence-electron chi connectivity index (χ1n) is 6.72. The number of carbonyl (C=O) groups is 3. The third-order valence-corrected chi connectivity index (χ3v) is 3.02. The Labute approximate surface area is 117 Å². The van der Waals surface area contributed by atoms with Gasteiger partial charge in [0.25, 0.3) is 5.91 Å². The van der Waals surface area contributed by atoms with Gasteiger partial charge in [0, 0.05) is 6.61 Å². The summed E-state index contributed by atoms with van der Waals surface area (Å²) in [6.45, 7) is 5.56. The zero-order valence-corrected chi connectivity index (χ0v) is 12.1. The molecule has 114 valence electrons. The summed E-state index contributed by atoms with van der Waals surface area (Å²) in [7, 11) is 0. The van der Waals surface area contributed by atoms with Crippen molar-refractivity contribution >= 4 is 17.8 Å². The molecule has 0 aromatic heterocycles. The molecule has 0 radical (unpaired) electrons. The van der Waals surface area contributed by atoms with Gasteiger partial charge >= 0.3 is 11.9 Å². The highest BCUT2D eigenvalue weighted by atomic mass is 16.6. The van der Waals surface area contributed by atoms with Gasteiger partial charge in [0.1, 0.15) is 5.60 Å². The van der Waals surface area contributed by atoms with Crippen molar-refractivity contribution < 1.29 is 28.6 Å². The van der Waals surface area contributed by atoms with Crippen LogP contribution < -0.4 is 5.32 Å². The highest BCUT2D eigenvalue weighted by Crippen LogP contribution is 2.25. The summed E-state index contributed by atoms with van der Waals surface area (Å²) >= 11 is 0. The molecule has 1 saturated heterocycles. The molecule has 1 heterocycles. The van der Waals surface area contributed by atoms with E-state index in [-0.39, 0.29) is 13.2 Å². The van der Waals surface area contributed by atoms with Crippen LogP contribution >= 0.6 is 0 Å². The fourth-order valence-corrected chi connectivity index (χ4v) is 1.91. The highest BCUT2D eigenvalue weighted by Gasteiger charge is 2.41. The van der Waals surface area contributed by atoms with Gasteiger partial charge in [0.05, 0.1) is 13.2 Å². The van der Waals surface area contributed by atoms with Gasteiger partial charge in [0.2, 0.25) is 6.04 Å². The van der Waals surface area contributed by atoms with Crippen LogP contribution in [0.4, 0.5) is 0 Å². The van der Waals surface area contributed by atoms with Crippen LogP contribution in [0.3, 0.4) is 0 Å². The van der Waals surface area contributed by atoms with E-state index in [1.807, 2.05) is 0 Å². The molecule has 0 saturated carbocycles. The van der Waals surface area contributed by atoms with Crippen molar-refractivity contribution in [1.29, 1.82) is 0 Å². The van der Waals surface area contributed by atoms with Crippen LogP contribution in [0, 0.1) is 0 Å². The van der Waals surface area contributed by atoms with Crippen molar-refractivity contribution in [3.05, 3.63) is 0 Å². The molecular weight excluding hydrogens is 266 g/mol. The van der Waals surface area contributed by atoms with Crippen molar-refractivity contribution in [3.8, 4) is 0 Å². The fourth-order valence-electron chi connectivity index (χ4n) is 1.91. The number of esters is 2. The van der Waals surface area contributed by atoms with Crippen molar-refractivity contribution in [3.63, 3.8) is 0 Å². The maximum atomic E-state index is 12.1. The van der Waals surface area contributed by atoms with Gasteiger partial charge < -0.3 is 19.5 Å². The van der Waals surface area contributed by atoms with Crippen LogP contribution in [0.25, 0.3) is 0 Å². The zero-order valence-electron chi connectivity index (χ0n) is 12.1. The average Bonchev–Trinajstić information content (AvgIpc) is 2.84. The second kappa shape index (κ2) is 7.23. The minimum atomic E-state index is -1.46. The maximum absolute atomic E-state index is 12.1. The van der Waals surface area contributed by atoms with Crippen LogP contribution in [-0.4, -0.2) is 49.3 Å². The maximum Gasteiger partial charge on any atom is 0.340 e. The minimum Gasteiger partial charge on any atom is -0.464 e. The minimum absolute atomic E-state index is 0.110. The van der Waals surface area contributed by atoms with Gasteiger partial charge in [0.15, 0.2) is 0 Å². The first-order chi connectivity index (χ1) is 9.44. The van der Waals surface area contributed by atoms with E-state index in [9.17, 15) is 14.4 Å². The molecule has 1 fully saturated rings. The molecule has 1 amide bonds. The van der Waals surface area contributed by atoms with E-state index in [1.54, 1.807) is 20.8 Å². The van der Waals surface area contributed by atoms with Gasteiger partial charge in [-0.3, -0.25) is 4.79 Å². The predicted octanol–water partition coefficient (Wildman–Crippen LogP) is 0.167. The summed E-state index contributed by atoms with van der Waals surface area (Å²) in [5, 5.41) is 2.36. The molecule has 1 unspecified atom stereocenters. The fraction of sp³-hybridized carbons (Fsp3) is 0.769. The summed E-state index contributed by atoms with van der Waals surface area (Å²) in [6.07, 6.45) is 1.30. The van der Waals surface area contributed by atoms with E-state index in [1.165, 1.54) is 0 Å². The number of rotatable bonds is 6. The predicted molar refractivity (Wildman–Crippen MR) is 68.8 cm³/mol. The number of carbonyl (C=O) groups excluding carboxylic acids is 3. The highest BCUT2D eigenvalue weighted by molar-refractivity contribution is 6.03. The lowest BCUT2D eigenvalue weighted by atomic mass is 10.0. The average molecular weight is 287 g/mol. The molecule has 7 nitrogen and oxygen atoms in total. The van der Waals surface area contributed by atoms with E-state index >= 15 is 0 Å². The van der Waals surface area contributed by atoms with Crippen LogP contribution in [0.2, 0.25) is 0 Å². The van der Waals surface area contributed by atoms with Gasteiger partial charge in [-0.05, 0) is 33.6 Å². The second-order valence-corrected chi connectivity index (χ2v) is 4.59. The lowest BCUT2D eigenvalue weighted by Gasteiger charge is -2.24. The molecule has 0 aliphatic carbocycles. The first-order valence-corrected chi connectivity index (χ1v) is 6.72. The molecule has 0 spiro atoms. The van der Waals surface area contributed by atoms with Gasteiger partial charge in [-0.25, -0.2) is 9.59 Å². The van der Waals surface area contributed by atoms with Crippen LogP contribution in [0.1, 0.15) is 33.6 Å². The Kier molecular flexibility index (Phi) is 5.94. The number of hydrogen-bond donors (Lipinski definition) is 1. The molecule has 1 aliphatic heterocycles. The Morgan fingerprint density at radius 3 is 2.15 bits per heavy atom. The Hall–Kier alpha value is -1.63. The van der Waals surface area contributed by atoms with Crippen LogP contribution in [0.15, 0.2) is 0 Å². The molecule has 7 heteroatoms. The lowest BCUT2D eigenvalue weighted by molar-refractivity contribution is -0.161. The Balaban J connectivity index is 2.75. The number of ether oxygens (including phenoxy) is 3. The van der Waals surface area contributed by atoms with E-state index < -0.39 is 29.5 Å². The zero-order chi connectivity index (χ0) is 15.2. The molecule has 0 aromatic rings. The number of nitrogens with one attached hydrogen (secondary N) is 1. The molecule has 0 bridgehead atoms. The Morgan fingerprint density at radius 2 is 1.75 bits per heavy atom. The van der Waals surface area contributed by atoms with E-state index in [4.69, 9.17) is 14.2 Å². The standard InChI is InChI=1S/C13H21NO6/c1-4-18-10(15)9(11(16)19-5-2)14-12(17)13(3)7-6-8-20-13/h9H,4-8H2,1-3H3,(H,14,17). The van der Waals surface area contributed by atoms with Gasteiger partial charge in [-0.1, -0.05) is 0 Å². The van der Waals surface area contributed by atoms with Gasteiger partial charge in [-0.15, -0.1) is 0 Å². The van der Waals surface area contributed by atoms with E-state index in [2.05, 4.69) is 5.32 Å². The van der Waals surface area contributed by atoms with Crippen molar-refractivity contribution in [1.82, 2.24) is 5.32 Å². The molecular formula is C13H21NO6. The smallest absolute Gasteiger partial charge is 0.340 e. The molecule has 0 aromatic carbocycles. The third kappa shape index (κ3) is 3.93. The molecule has 1 rings (SSSR count). The quantitative estimate of drug-likeness (QED) is 0.553. The van der Waals surface area contributed by atoms with Gasteiger partial charge in [-0.2, -0.15) is 0 Å². The van der Waals surface area contributed by atoms with Crippen molar-refractivity contribution in [2.24, 2.45) is 0 Å². The van der Waals surface area contributed by atoms with E-state index in [0.717, 1.165) is 6.42 Å². The molecule has 20 heavy (non-hydrogen) atoms. The Morgan fingerprint density at radius 1 is 1.20 bits per heavy atom. The molecule has 1 N–H and O–H groups in total. The van der Waals surface area contributed by atoms with Crippen molar-refractivity contribution in [2.75, 3.05) is 19.8 Å². The number of hydrogen-bond acceptors (Lipinski definition) is 6. The first kappa shape index (κ1) is 16.4. The van der Waals surface area contributed by atoms with E-state index in [0.29, 0.717) is 13.0 Å². The summed E-state index contributed by atoms with van der Waals surface area (Å²) in [5.41, 5.74) is -1.02. The van der Waals surface area contributed by atoms with Crippen LogP contribution in [0.5, 0.6) is 0 Å². The van der Waals surface area contributed by atoms with Crippen LogP contribution in [-0.2, 0) is 28.6 Å². The summed E-state index contributed by atoms with van der Waals surface area (Å²) < 4.78 is 14.9. The molecule has 1 aliphatic rings. The number of amides is 1. The second-order valence-electron chi connectivity index (χ2n) is 4.59. The largest absolute Gasteiger partial charge is 0.464 e. The SMILES string of the molecule is CCOC(=O)C(NC(=O)C1(C)CCCO1)C(=O)OCC. The summed E-state index contributed by atoms with van der Waals surface area (Å²) in [6, 6.07) is -1.46. The monoisotopic (exact) mass is 287 g/mol.